The van der Waals surface area contributed by atoms with Crippen LogP contribution < -0.4 is 5.32 Å². The number of benzene rings is 1. The lowest BCUT2D eigenvalue weighted by atomic mass is 10.2. The van der Waals surface area contributed by atoms with E-state index in [1.54, 1.807) is 11.0 Å². The molecule has 1 aromatic carbocycles. The van der Waals surface area contributed by atoms with Crippen LogP contribution in [0.5, 0.6) is 0 Å². The number of likely N-dealkylation sites (tertiary alicyclic amines) is 1. The zero-order valence-electron chi connectivity index (χ0n) is 10.3. The zero-order chi connectivity index (χ0) is 13.8. The molecule has 1 fully saturated rings. The number of halogens is 1. The van der Waals surface area contributed by atoms with E-state index in [1.807, 2.05) is 0 Å². The largest absolute Gasteiger partial charge is 0.480 e. The van der Waals surface area contributed by atoms with Crippen LogP contribution in [0, 0.1) is 5.82 Å². The van der Waals surface area contributed by atoms with Gasteiger partial charge in [0.15, 0.2) is 0 Å². The van der Waals surface area contributed by atoms with Crippen LogP contribution in [0.25, 0.3) is 0 Å². The van der Waals surface area contributed by atoms with Crippen LogP contribution in [-0.2, 0) is 9.59 Å². The molecule has 0 aromatic heterocycles. The molecule has 102 valence electrons. The average Bonchev–Trinajstić information content (AvgIpc) is 2.76. The molecule has 1 aliphatic heterocycles. The van der Waals surface area contributed by atoms with Gasteiger partial charge in [-0.3, -0.25) is 14.5 Å². The summed E-state index contributed by atoms with van der Waals surface area (Å²) >= 11 is 0. The number of rotatable bonds is 4. The van der Waals surface area contributed by atoms with Gasteiger partial charge in [-0.1, -0.05) is 6.07 Å². The van der Waals surface area contributed by atoms with E-state index in [4.69, 9.17) is 5.11 Å². The molecule has 0 bridgehead atoms. The molecule has 0 saturated carbocycles. The SMILES string of the molecule is O=C(CN1CCC[C@H]1C(=O)O)Nc1cccc(F)c1. The molecule has 1 saturated heterocycles. The van der Waals surface area contributed by atoms with Crippen LogP contribution in [0.2, 0.25) is 0 Å². The van der Waals surface area contributed by atoms with Crippen molar-refractivity contribution in [1.82, 2.24) is 4.90 Å². The van der Waals surface area contributed by atoms with Gasteiger partial charge >= 0.3 is 5.97 Å². The summed E-state index contributed by atoms with van der Waals surface area (Å²) in [6.45, 7) is 0.598. The summed E-state index contributed by atoms with van der Waals surface area (Å²) in [7, 11) is 0. The molecule has 6 heteroatoms. The number of carboxylic acid groups (broad SMARTS) is 1. The first-order valence-electron chi connectivity index (χ1n) is 6.08. The first-order chi connectivity index (χ1) is 9.06. The summed E-state index contributed by atoms with van der Waals surface area (Å²) in [6, 6.07) is 4.99. The van der Waals surface area contributed by atoms with Crippen LogP contribution in [0.1, 0.15) is 12.8 Å². The second kappa shape index (κ2) is 5.79. The Kier molecular flexibility index (Phi) is 4.11. The number of anilines is 1. The predicted molar refractivity (Wildman–Crippen MR) is 67.3 cm³/mol. The van der Waals surface area contributed by atoms with Crippen LogP contribution in [0.15, 0.2) is 24.3 Å². The third-order valence-electron chi connectivity index (χ3n) is 3.10. The first-order valence-corrected chi connectivity index (χ1v) is 6.08. The molecule has 1 aromatic rings. The van der Waals surface area contributed by atoms with E-state index in [0.29, 0.717) is 18.7 Å². The summed E-state index contributed by atoms with van der Waals surface area (Å²) in [6.07, 6.45) is 1.33. The minimum atomic E-state index is -0.906. The van der Waals surface area contributed by atoms with Crippen molar-refractivity contribution in [3.8, 4) is 0 Å². The van der Waals surface area contributed by atoms with Gasteiger partial charge in [0.1, 0.15) is 11.9 Å². The number of amides is 1. The summed E-state index contributed by atoms with van der Waals surface area (Å²) in [5.74, 6) is -1.67. The van der Waals surface area contributed by atoms with E-state index in [2.05, 4.69) is 5.32 Å². The number of carboxylic acids is 1. The number of carbonyl (C=O) groups excluding carboxylic acids is 1. The molecule has 1 amide bonds. The highest BCUT2D eigenvalue weighted by Crippen LogP contribution is 2.17. The monoisotopic (exact) mass is 266 g/mol. The van der Waals surface area contributed by atoms with Crippen molar-refractivity contribution < 1.29 is 19.1 Å². The van der Waals surface area contributed by atoms with Crippen molar-refractivity contribution in [3.63, 3.8) is 0 Å². The van der Waals surface area contributed by atoms with Gasteiger partial charge in [-0.05, 0) is 37.6 Å². The lowest BCUT2D eigenvalue weighted by Gasteiger charge is -2.20. The number of nitrogens with one attached hydrogen (secondary N) is 1. The summed E-state index contributed by atoms with van der Waals surface area (Å²) < 4.78 is 13.0. The third kappa shape index (κ3) is 3.51. The summed E-state index contributed by atoms with van der Waals surface area (Å²) in [5, 5.41) is 11.6. The molecule has 2 rings (SSSR count). The van der Waals surface area contributed by atoms with Crippen LogP contribution in [-0.4, -0.2) is 41.0 Å². The molecule has 0 unspecified atom stereocenters. The second-order valence-corrected chi connectivity index (χ2v) is 4.53. The number of aliphatic carboxylic acids is 1. The average molecular weight is 266 g/mol. The quantitative estimate of drug-likeness (QED) is 0.862. The fraction of sp³-hybridized carbons (Fsp3) is 0.385. The van der Waals surface area contributed by atoms with Gasteiger partial charge in [-0.2, -0.15) is 0 Å². The third-order valence-corrected chi connectivity index (χ3v) is 3.10. The van der Waals surface area contributed by atoms with Gasteiger partial charge in [-0.25, -0.2) is 4.39 Å². The van der Waals surface area contributed by atoms with E-state index in [0.717, 1.165) is 6.42 Å². The van der Waals surface area contributed by atoms with Crippen molar-refractivity contribution in [3.05, 3.63) is 30.1 Å². The van der Waals surface area contributed by atoms with E-state index in [9.17, 15) is 14.0 Å². The molecule has 2 N–H and O–H groups in total. The van der Waals surface area contributed by atoms with Crippen LogP contribution >= 0.6 is 0 Å². The second-order valence-electron chi connectivity index (χ2n) is 4.53. The molecule has 0 aliphatic carbocycles. The highest BCUT2D eigenvalue weighted by Gasteiger charge is 2.31. The van der Waals surface area contributed by atoms with Crippen molar-refractivity contribution >= 4 is 17.6 Å². The highest BCUT2D eigenvalue weighted by molar-refractivity contribution is 5.92. The Hall–Kier alpha value is -1.95. The van der Waals surface area contributed by atoms with E-state index >= 15 is 0 Å². The van der Waals surface area contributed by atoms with E-state index in [-0.39, 0.29) is 12.5 Å². The normalized spacial score (nSPS) is 19.3. The van der Waals surface area contributed by atoms with Crippen molar-refractivity contribution in [1.29, 1.82) is 0 Å². The van der Waals surface area contributed by atoms with Crippen LogP contribution in [0.3, 0.4) is 0 Å². The Labute approximate surface area is 110 Å². The lowest BCUT2D eigenvalue weighted by Crippen LogP contribution is -2.40. The standard InChI is InChI=1S/C13H15FN2O3/c14-9-3-1-4-10(7-9)15-12(17)8-16-6-2-5-11(16)13(18)19/h1,3-4,7,11H,2,5-6,8H2,(H,15,17)(H,18,19)/t11-/m0/s1. The topological polar surface area (TPSA) is 69.6 Å². The molecular weight excluding hydrogens is 251 g/mol. The van der Waals surface area contributed by atoms with Gasteiger partial charge in [0, 0.05) is 5.69 Å². The molecule has 5 nitrogen and oxygen atoms in total. The molecule has 19 heavy (non-hydrogen) atoms. The Balaban J connectivity index is 1.92. The molecule has 1 aliphatic rings. The van der Waals surface area contributed by atoms with Crippen molar-refractivity contribution in [2.75, 3.05) is 18.4 Å². The maximum atomic E-state index is 13.0. The van der Waals surface area contributed by atoms with Crippen molar-refractivity contribution in [2.24, 2.45) is 0 Å². The Morgan fingerprint density at radius 1 is 1.47 bits per heavy atom. The fourth-order valence-electron chi connectivity index (χ4n) is 2.25. The van der Waals surface area contributed by atoms with Gasteiger partial charge in [0.25, 0.3) is 0 Å². The smallest absolute Gasteiger partial charge is 0.320 e. The zero-order valence-corrected chi connectivity index (χ0v) is 10.3. The number of carbonyl (C=O) groups is 2. The summed E-state index contributed by atoms with van der Waals surface area (Å²) in [5.41, 5.74) is 0.371. The van der Waals surface area contributed by atoms with Gasteiger partial charge in [0.05, 0.1) is 6.54 Å². The number of hydrogen-bond donors (Lipinski definition) is 2. The Bertz CT molecular complexity index is 493. The number of nitrogens with zero attached hydrogens (tertiary/aromatic N) is 1. The van der Waals surface area contributed by atoms with Gasteiger partial charge in [-0.15, -0.1) is 0 Å². The van der Waals surface area contributed by atoms with Crippen LogP contribution in [0.4, 0.5) is 10.1 Å². The molecule has 0 spiro atoms. The fourth-order valence-corrected chi connectivity index (χ4v) is 2.25. The maximum absolute atomic E-state index is 13.0. The molecule has 0 radical (unpaired) electrons. The Morgan fingerprint density at radius 2 is 2.26 bits per heavy atom. The Morgan fingerprint density at radius 3 is 2.95 bits per heavy atom. The maximum Gasteiger partial charge on any atom is 0.320 e. The highest BCUT2D eigenvalue weighted by atomic mass is 19.1. The molecular formula is C13H15FN2O3. The number of hydrogen-bond acceptors (Lipinski definition) is 3. The first kappa shape index (κ1) is 13.5. The van der Waals surface area contributed by atoms with Crippen molar-refractivity contribution in [2.45, 2.75) is 18.9 Å². The van der Waals surface area contributed by atoms with E-state index < -0.39 is 17.8 Å². The minimum Gasteiger partial charge on any atom is -0.480 e. The van der Waals surface area contributed by atoms with E-state index in [1.165, 1.54) is 18.2 Å². The van der Waals surface area contributed by atoms with Gasteiger partial charge in [0.2, 0.25) is 5.91 Å². The van der Waals surface area contributed by atoms with Gasteiger partial charge < -0.3 is 10.4 Å². The summed E-state index contributed by atoms with van der Waals surface area (Å²) in [4.78, 5) is 24.4. The minimum absolute atomic E-state index is 0.00742. The predicted octanol–water partition coefficient (Wildman–Crippen LogP) is 1.31. The molecule has 1 heterocycles. The lowest BCUT2D eigenvalue weighted by molar-refractivity contribution is -0.142. The molecule has 1 atom stereocenters.